The summed E-state index contributed by atoms with van der Waals surface area (Å²) < 4.78 is 0. The summed E-state index contributed by atoms with van der Waals surface area (Å²) in [6, 6.07) is 7.21. The molecule has 0 radical (unpaired) electrons. The summed E-state index contributed by atoms with van der Waals surface area (Å²) in [6.45, 7) is 0.899. The molecule has 0 spiro atoms. The second-order valence-corrected chi connectivity index (χ2v) is 7.43. The molecule has 1 aromatic carbocycles. The van der Waals surface area contributed by atoms with E-state index in [4.69, 9.17) is 5.73 Å². The fraction of sp³-hybridized carbons (Fsp3) is 0.500. The quantitative estimate of drug-likeness (QED) is 0.826. The Kier molecular flexibility index (Phi) is 5.32. The van der Waals surface area contributed by atoms with Crippen LogP contribution < -0.4 is 10.6 Å². The number of primary amides is 1. The monoisotopic (exact) mass is 361 g/mol. The fourth-order valence-electron chi connectivity index (χ4n) is 3.63. The molecule has 2 unspecified atom stereocenters. The van der Waals surface area contributed by atoms with Crippen molar-refractivity contribution in [3.8, 4) is 0 Å². The Balaban J connectivity index is 1.75. The Morgan fingerprint density at radius 2 is 2.08 bits per heavy atom. The van der Waals surface area contributed by atoms with Crippen LogP contribution in [0.3, 0.4) is 0 Å². The molecule has 3 amide bonds. The van der Waals surface area contributed by atoms with Gasteiger partial charge in [0, 0.05) is 30.1 Å². The van der Waals surface area contributed by atoms with Gasteiger partial charge in [-0.15, -0.1) is 11.8 Å². The molecule has 0 aliphatic carbocycles. The van der Waals surface area contributed by atoms with E-state index in [-0.39, 0.29) is 18.2 Å². The molecule has 0 aromatic heterocycles. The second kappa shape index (κ2) is 7.47. The van der Waals surface area contributed by atoms with Crippen LogP contribution in [0, 0.1) is 5.92 Å². The van der Waals surface area contributed by atoms with Gasteiger partial charge in [-0.1, -0.05) is 6.07 Å². The molecule has 2 saturated heterocycles. The lowest BCUT2D eigenvalue weighted by molar-refractivity contribution is -0.144. The maximum absolute atomic E-state index is 12.9. The van der Waals surface area contributed by atoms with E-state index in [9.17, 15) is 14.4 Å². The number of nitrogens with two attached hydrogens (primary N) is 1. The molecule has 2 N–H and O–H groups in total. The van der Waals surface area contributed by atoms with Gasteiger partial charge in [0.15, 0.2) is 0 Å². The molecule has 134 valence electrons. The number of amides is 3. The predicted octanol–water partition coefficient (Wildman–Crippen LogP) is 1.63. The Morgan fingerprint density at radius 1 is 1.28 bits per heavy atom. The van der Waals surface area contributed by atoms with Gasteiger partial charge in [0.05, 0.1) is 5.92 Å². The molecule has 2 fully saturated rings. The number of carbonyl (C=O) groups is 3. The van der Waals surface area contributed by atoms with Crippen LogP contribution in [0.2, 0.25) is 0 Å². The molecule has 3 rings (SSSR count). The molecule has 25 heavy (non-hydrogen) atoms. The van der Waals surface area contributed by atoms with Gasteiger partial charge in [-0.25, -0.2) is 0 Å². The Bertz CT molecular complexity index is 694. The molecular weight excluding hydrogens is 338 g/mol. The van der Waals surface area contributed by atoms with E-state index in [1.165, 1.54) is 0 Å². The fourth-order valence-corrected chi connectivity index (χ4v) is 4.08. The molecule has 2 heterocycles. The standard InChI is InChI=1S/C18H23N3O3S/c1-25-14-6-4-5-13(10-14)21-11-12(9-16(21)22)18(24)20-8-3-2-7-15(20)17(19)23/h4-6,10,12,15H,2-3,7-9,11H2,1H3,(H2,19,23). The highest BCUT2D eigenvalue weighted by Crippen LogP contribution is 2.30. The summed E-state index contributed by atoms with van der Waals surface area (Å²) in [5, 5.41) is 0. The van der Waals surface area contributed by atoms with Crippen molar-refractivity contribution in [2.75, 3.05) is 24.2 Å². The van der Waals surface area contributed by atoms with Gasteiger partial charge in [0.25, 0.3) is 0 Å². The SMILES string of the molecule is CSc1cccc(N2CC(C(=O)N3CCCCC3C(N)=O)CC2=O)c1. The lowest BCUT2D eigenvalue weighted by atomic mass is 9.98. The van der Waals surface area contributed by atoms with Gasteiger partial charge in [-0.2, -0.15) is 0 Å². The summed E-state index contributed by atoms with van der Waals surface area (Å²) in [6.07, 6.45) is 4.55. The molecule has 2 atom stereocenters. The number of carbonyl (C=O) groups excluding carboxylic acids is 3. The van der Waals surface area contributed by atoms with Crippen LogP contribution >= 0.6 is 11.8 Å². The van der Waals surface area contributed by atoms with Gasteiger partial charge in [0.1, 0.15) is 6.04 Å². The van der Waals surface area contributed by atoms with Gasteiger partial charge in [0.2, 0.25) is 17.7 Å². The van der Waals surface area contributed by atoms with Gasteiger partial charge in [-0.3, -0.25) is 14.4 Å². The average Bonchev–Trinajstić information content (AvgIpc) is 3.02. The van der Waals surface area contributed by atoms with Crippen molar-refractivity contribution in [2.45, 2.75) is 36.6 Å². The third-order valence-corrected chi connectivity index (χ3v) is 5.68. The van der Waals surface area contributed by atoms with Gasteiger partial charge in [-0.05, 0) is 43.7 Å². The molecule has 1 aromatic rings. The van der Waals surface area contributed by atoms with Crippen molar-refractivity contribution in [1.29, 1.82) is 0 Å². The number of nitrogens with zero attached hydrogens (tertiary/aromatic N) is 2. The summed E-state index contributed by atoms with van der Waals surface area (Å²) in [5.74, 6) is -1.04. The van der Waals surface area contributed by atoms with E-state index in [1.807, 2.05) is 30.5 Å². The molecule has 6 nitrogen and oxygen atoms in total. The van der Waals surface area contributed by atoms with Crippen LogP contribution in [-0.4, -0.2) is 48.0 Å². The topological polar surface area (TPSA) is 83.7 Å². The number of piperidine rings is 1. The molecule has 2 aliphatic rings. The number of likely N-dealkylation sites (tertiary alicyclic amines) is 1. The van der Waals surface area contributed by atoms with Gasteiger partial charge >= 0.3 is 0 Å². The van der Waals surface area contributed by atoms with Gasteiger partial charge < -0.3 is 15.5 Å². The third-order valence-electron chi connectivity index (χ3n) is 4.95. The zero-order valence-electron chi connectivity index (χ0n) is 14.3. The number of hydrogen-bond donors (Lipinski definition) is 1. The highest BCUT2D eigenvalue weighted by Gasteiger charge is 2.40. The summed E-state index contributed by atoms with van der Waals surface area (Å²) >= 11 is 1.61. The summed E-state index contributed by atoms with van der Waals surface area (Å²) in [4.78, 5) is 41.3. The van der Waals surface area contributed by atoms with E-state index >= 15 is 0 Å². The summed E-state index contributed by atoms with van der Waals surface area (Å²) in [7, 11) is 0. The van der Waals surface area contributed by atoms with E-state index in [0.29, 0.717) is 19.5 Å². The number of benzene rings is 1. The maximum Gasteiger partial charge on any atom is 0.240 e. The van der Waals surface area contributed by atoms with Crippen LogP contribution in [-0.2, 0) is 14.4 Å². The number of thioether (sulfide) groups is 1. The minimum atomic E-state index is -0.537. The third kappa shape index (κ3) is 3.66. The first-order chi connectivity index (χ1) is 12.0. The minimum absolute atomic E-state index is 0.0516. The molecular formula is C18H23N3O3S. The number of anilines is 1. The molecule has 0 bridgehead atoms. The Morgan fingerprint density at radius 3 is 2.80 bits per heavy atom. The first-order valence-electron chi connectivity index (χ1n) is 8.55. The highest BCUT2D eigenvalue weighted by atomic mass is 32.2. The van der Waals surface area contributed by atoms with Crippen LogP contribution in [0.25, 0.3) is 0 Å². The van der Waals surface area contributed by atoms with Crippen LogP contribution in [0.15, 0.2) is 29.2 Å². The van der Waals surface area contributed by atoms with E-state index in [0.717, 1.165) is 23.4 Å². The second-order valence-electron chi connectivity index (χ2n) is 6.55. The van der Waals surface area contributed by atoms with Crippen molar-refractivity contribution in [2.24, 2.45) is 11.7 Å². The zero-order chi connectivity index (χ0) is 18.0. The minimum Gasteiger partial charge on any atom is -0.368 e. The Hall–Kier alpha value is -2.02. The first-order valence-corrected chi connectivity index (χ1v) is 9.78. The van der Waals surface area contributed by atoms with Crippen molar-refractivity contribution >= 4 is 35.2 Å². The molecule has 7 heteroatoms. The number of rotatable bonds is 4. The van der Waals surface area contributed by atoms with Crippen molar-refractivity contribution in [1.82, 2.24) is 4.90 Å². The average molecular weight is 361 g/mol. The van der Waals surface area contributed by atoms with Crippen LogP contribution in [0.1, 0.15) is 25.7 Å². The van der Waals surface area contributed by atoms with Crippen molar-refractivity contribution in [3.63, 3.8) is 0 Å². The van der Waals surface area contributed by atoms with Crippen LogP contribution in [0.5, 0.6) is 0 Å². The lowest BCUT2D eigenvalue weighted by Gasteiger charge is -2.35. The van der Waals surface area contributed by atoms with E-state index in [1.54, 1.807) is 21.6 Å². The molecule has 2 aliphatic heterocycles. The summed E-state index contributed by atoms with van der Waals surface area (Å²) in [5.41, 5.74) is 6.28. The smallest absolute Gasteiger partial charge is 0.240 e. The molecule has 0 saturated carbocycles. The highest BCUT2D eigenvalue weighted by molar-refractivity contribution is 7.98. The predicted molar refractivity (Wildman–Crippen MR) is 97.2 cm³/mol. The normalized spacial score (nSPS) is 23.8. The van der Waals surface area contributed by atoms with Crippen molar-refractivity contribution < 1.29 is 14.4 Å². The van der Waals surface area contributed by atoms with Crippen molar-refractivity contribution in [3.05, 3.63) is 24.3 Å². The van der Waals surface area contributed by atoms with Crippen LogP contribution in [0.4, 0.5) is 5.69 Å². The van der Waals surface area contributed by atoms with E-state index in [2.05, 4.69) is 0 Å². The maximum atomic E-state index is 12.9. The Labute approximate surface area is 151 Å². The first kappa shape index (κ1) is 17.8. The zero-order valence-corrected chi connectivity index (χ0v) is 15.1. The lowest BCUT2D eigenvalue weighted by Crippen LogP contribution is -2.52. The van der Waals surface area contributed by atoms with E-state index < -0.39 is 17.9 Å². The largest absolute Gasteiger partial charge is 0.368 e. The number of hydrogen-bond acceptors (Lipinski definition) is 4.